The summed E-state index contributed by atoms with van der Waals surface area (Å²) in [5.41, 5.74) is 4.65. The van der Waals surface area contributed by atoms with Crippen molar-refractivity contribution in [2.45, 2.75) is 6.92 Å². The molecule has 0 unspecified atom stereocenters. The standard InChI is InChI=1S/C15H12N2O/c1-11-5-2-3-6-13(11)14-7-4-8-15-16-9-12(10-18)17(14)15/h2-10H,1H3. The molecule has 0 radical (unpaired) electrons. The molecule has 3 aromatic rings. The molecule has 0 aliphatic rings. The molecule has 0 amide bonds. The summed E-state index contributed by atoms with van der Waals surface area (Å²) >= 11 is 0. The number of imidazole rings is 1. The van der Waals surface area contributed by atoms with Crippen molar-refractivity contribution in [3.8, 4) is 11.3 Å². The summed E-state index contributed by atoms with van der Waals surface area (Å²) < 4.78 is 1.88. The molecule has 18 heavy (non-hydrogen) atoms. The van der Waals surface area contributed by atoms with Gasteiger partial charge in [0.2, 0.25) is 0 Å². The number of fused-ring (bicyclic) bond motifs is 1. The molecule has 88 valence electrons. The highest BCUT2D eigenvalue weighted by Gasteiger charge is 2.09. The fourth-order valence-corrected chi connectivity index (χ4v) is 2.21. The van der Waals surface area contributed by atoms with Crippen molar-refractivity contribution in [3.63, 3.8) is 0 Å². The van der Waals surface area contributed by atoms with Crippen LogP contribution in [0.3, 0.4) is 0 Å². The minimum absolute atomic E-state index is 0.573. The number of hydrogen-bond acceptors (Lipinski definition) is 2. The third-order valence-corrected chi connectivity index (χ3v) is 3.10. The SMILES string of the molecule is Cc1ccccc1-c1cccc2ncc(C=O)n12. The maximum atomic E-state index is 11.1. The highest BCUT2D eigenvalue weighted by atomic mass is 16.1. The van der Waals surface area contributed by atoms with Gasteiger partial charge in [-0.1, -0.05) is 30.3 Å². The number of pyridine rings is 1. The third kappa shape index (κ3) is 1.52. The van der Waals surface area contributed by atoms with Gasteiger partial charge in [0.1, 0.15) is 11.3 Å². The zero-order chi connectivity index (χ0) is 12.5. The van der Waals surface area contributed by atoms with Gasteiger partial charge < -0.3 is 0 Å². The number of rotatable bonds is 2. The first-order valence-corrected chi connectivity index (χ1v) is 5.79. The van der Waals surface area contributed by atoms with Crippen LogP contribution in [0.25, 0.3) is 16.9 Å². The van der Waals surface area contributed by atoms with E-state index in [9.17, 15) is 4.79 Å². The number of aldehydes is 1. The second-order valence-electron chi connectivity index (χ2n) is 4.22. The van der Waals surface area contributed by atoms with Crippen LogP contribution in [0.5, 0.6) is 0 Å². The zero-order valence-corrected chi connectivity index (χ0v) is 10.00. The Labute approximate surface area is 105 Å². The lowest BCUT2D eigenvalue weighted by Crippen LogP contribution is -1.97. The monoisotopic (exact) mass is 236 g/mol. The fraction of sp³-hybridized carbons (Fsp3) is 0.0667. The Morgan fingerprint density at radius 3 is 2.72 bits per heavy atom. The molecular formula is C15H12N2O. The normalized spacial score (nSPS) is 10.7. The molecule has 2 heterocycles. The van der Waals surface area contributed by atoms with Gasteiger partial charge in [0.05, 0.1) is 11.9 Å². The average Bonchev–Trinajstić information content (AvgIpc) is 2.82. The molecule has 0 spiro atoms. The molecule has 0 saturated heterocycles. The first-order valence-electron chi connectivity index (χ1n) is 5.79. The van der Waals surface area contributed by atoms with Crippen LogP contribution in [0, 0.1) is 6.92 Å². The van der Waals surface area contributed by atoms with Gasteiger partial charge in [0.15, 0.2) is 6.29 Å². The van der Waals surface area contributed by atoms with E-state index in [2.05, 4.69) is 24.0 Å². The lowest BCUT2D eigenvalue weighted by Gasteiger charge is -2.09. The summed E-state index contributed by atoms with van der Waals surface area (Å²) in [6.45, 7) is 2.06. The first-order chi connectivity index (χ1) is 8.81. The van der Waals surface area contributed by atoms with Gasteiger partial charge in [-0.05, 0) is 24.6 Å². The minimum atomic E-state index is 0.573. The van der Waals surface area contributed by atoms with Crippen molar-refractivity contribution in [3.05, 3.63) is 59.9 Å². The molecule has 1 aromatic carbocycles. The summed E-state index contributed by atoms with van der Waals surface area (Å²) in [5.74, 6) is 0. The number of nitrogens with zero attached hydrogens (tertiary/aromatic N) is 2. The molecule has 3 nitrogen and oxygen atoms in total. The van der Waals surface area contributed by atoms with Crippen LogP contribution < -0.4 is 0 Å². The van der Waals surface area contributed by atoms with Crippen molar-refractivity contribution in [1.29, 1.82) is 0 Å². The van der Waals surface area contributed by atoms with Crippen LogP contribution in [0.1, 0.15) is 16.1 Å². The van der Waals surface area contributed by atoms with E-state index in [0.29, 0.717) is 5.69 Å². The van der Waals surface area contributed by atoms with Crippen LogP contribution >= 0.6 is 0 Å². The average molecular weight is 236 g/mol. The van der Waals surface area contributed by atoms with Crippen LogP contribution in [0.15, 0.2) is 48.7 Å². The summed E-state index contributed by atoms with van der Waals surface area (Å²) in [5, 5.41) is 0. The second-order valence-corrected chi connectivity index (χ2v) is 4.22. The minimum Gasteiger partial charge on any atom is -0.296 e. The predicted molar refractivity (Wildman–Crippen MR) is 70.8 cm³/mol. The number of aryl methyl sites for hydroxylation is 1. The lowest BCUT2D eigenvalue weighted by molar-refractivity contribution is 0.111. The Morgan fingerprint density at radius 1 is 1.11 bits per heavy atom. The predicted octanol–water partition coefficient (Wildman–Crippen LogP) is 3.12. The number of hydrogen-bond donors (Lipinski definition) is 0. The summed E-state index contributed by atoms with van der Waals surface area (Å²) in [6.07, 6.45) is 2.44. The highest BCUT2D eigenvalue weighted by molar-refractivity contribution is 5.77. The van der Waals surface area contributed by atoms with E-state index in [0.717, 1.165) is 23.2 Å². The number of benzene rings is 1. The number of carbonyl (C=O) groups is 1. The second kappa shape index (κ2) is 4.11. The number of aromatic nitrogens is 2. The van der Waals surface area contributed by atoms with Gasteiger partial charge in [-0.3, -0.25) is 9.20 Å². The molecule has 3 rings (SSSR count). The van der Waals surface area contributed by atoms with Crippen molar-refractivity contribution in [1.82, 2.24) is 9.38 Å². The molecule has 0 bridgehead atoms. The van der Waals surface area contributed by atoms with E-state index in [1.165, 1.54) is 5.56 Å². The summed E-state index contributed by atoms with van der Waals surface area (Å²) in [7, 11) is 0. The molecule has 0 atom stereocenters. The lowest BCUT2D eigenvalue weighted by atomic mass is 10.1. The van der Waals surface area contributed by atoms with Gasteiger partial charge in [0, 0.05) is 5.56 Å². The molecule has 0 aliphatic heterocycles. The van der Waals surface area contributed by atoms with Crippen LogP contribution in [0.4, 0.5) is 0 Å². The van der Waals surface area contributed by atoms with Gasteiger partial charge in [0.25, 0.3) is 0 Å². The van der Waals surface area contributed by atoms with Crippen LogP contribution in [0.2, 0.25) is 0 Å². The molecule has 0 aliphatic carbocycles. The Kier molecular flexibility index (Phi) is 2.45. The van der Waals surface area contributed by atoms with Gasteiger partial charge in [-0.25, -0.2) is 4.98 Å². The van der Waals surface area contributed by atoms with Crippen molar-refractivity contribution in [2.24, 2.45) is 0 Å². The van der Waals surface area contributed by atoms with Gasteiger partial charge >= 0.3 is 0 Å². The number of carbonyl (C=O) groups excluding carboxylic acids is 1. The molecule has 0 N–H and O–H groups in total. The van der Waals surface area contributed by atoms with E-state index >= 15 is 0 Å². The first kappa shape index (κ1) is 10.7. The maximum absolute atomic E-state index is 11.1. The van der Waals surface area contributed by atoms with Crippen molar-refractivity contribution in [2.75, 3.05) is 0 Å². The Hall–Kier alpha value is -2.42. The maximum Gasteiger partial charge on any atom is 0.168 e. The highest BCUT2D eigenvalue weighted by Crippen LogP contribution is 2.24. The molecule has 2 aromatic heterocycles. The van der Waals surface area contributed by atoms with Gasteiger partial charge in [-0.2, -0.15) is 0 Å². The Balaban J connectivity index is 2.39. The molecule has 3 heteroatoms. The van der Waals surface area contributed by atoms with Gasteiger partial charge in [-0.15, -0.1) is 0 Å². The van der Waals surface area contributed by atoms with E-state index in [-0.39, 0.29) is 0 Å². The molecular weight excluding hydrogens is 224 g/mol. The topological polar surface area (TPSA) is 34.4 Å². The zero-order valence-electron chi connectivity index (χ0n) is 10.00. The van der Waals surface area contributed by atoms with Crippen molar-refractivity contribution >= 4 is 11.9 Å². The van der Waals surface area contributed by atoms with E-state index in [1.807, 2.05) is 34.7 Å². The third-order valence-electron chi connectivity index (χ3n) is 3.10. The summed E-state index contributed by atoms with van der Waals surface area (Å²) in [4.78, 5) is 15.3. The van der Waals surface area contributed by atoms with E-state index in [1.54, 1.807) is 6.20 Å². The molecule has 0 saturated carbocycles. The smallest absolute Gasteiger partial charge is 0.168 e. The van der Waals surface area contributed by atoms with E-state index < -0.39 is 0 Å². The summed E-state index contributed by atoms with van der Waals surface area (Å²) in [6, 6.07) is 14.0. The van der Waals surface area contributed by atoms with Crippen LogP contribution in [-0.2, 0) is 0 Å². The quantitative estimate of drug-likeness (QED) is 0.641. The molecule has 0 fully saturated rings. The Bertz CT molecular complexity index is 728. The largest absolute Gasteiger partial charge is 0.296 e. The van der Waals surface area contributed by atoms with Crippen LogP contribution in [-0.4, -0.2) is 15.7 Å². The van der Waals surface area contributed by atoms with Crippen molar-refractivity contribution < 1.29 is 4.79 Å². The fourth-order valence-electron chi connectivity index (χ4n) is 2.21. The Morgan fingerprint density at radius 2 is 1.94 bits per heavy atom. The van der Waals surface area contributed by atoms with E-state index in [4.69, 9.17) is 0 Å².